The van der Waals surface area contributed by atoms with E-state index in [0.29, 0.717) is 11.5 Å². The van der Waals surface area contributed by atoms with Crippen molar-refractivity contribution in [2.75, 3.05) is 18.4 Å². The minimum absolute atomic E-state index is 0.131. The molecule has 1 fully saturated rings. The zero-order valence-corrected chi connectivity index (χ0v) is 20.3. The molecule has 1 aliphatic heterocycles. The number of anilines is 1. The predicted molar refractivity (Wildman–Crippen MR) is 140 cm³/mol. The number of piperidine rings is 1. The molecule has 35 heavy (non-hydrogen) atoms. The van der Waals surface area contributed by atoms with E-state index in [4.69, 9.17) is 5.26 Å². The van der Waals surface area contributed by atoms with E-state index in [1.807, 2.05) is 50.2 Å². The van der Waals surface area contributed by atoms with Crippen LogP contribution in [0.5, 0.6) is 0 Å². The van der Waals surface area contributed by atoms with Gasteiger partial charge in [-0.1, -0.05) is 30.8 Å². The van der Waals surface area contributed by atoms with Gasteiger partial charge < -0.3 is 15.5 Å². The van der Waals surface area contributed by atoms with Crippen LogP contribution in [0, 0.1) is 18.3 Å². The van der Waals surface area contributed by atoms with Gasteiger partial charge in [-0.2, -0.15) is 5.26 Å². The van der Waals surface area contributed by atoms with Crippen molar-refractivity contribution in [3.8, 4) is 6.07 Å². The standard InChI is InChI=1S/C29H31N5O/c1-20-4-7-27(18-28(20)33-29(35)32-21(2)24-10-14-31-15-11-24)22(3)34-16-12-26(13-17-34)25-8-5-23(19-30)6-9-25/h4-11,14-15,18,21,26H,3,12-13,16-17H2,1-2H3,(H2,32,33,35). The van der Waals surface area contributed by atoms with E-state index in [2.05, 4.69) is 51.4 Å². The Morgan fingerprint density at radius 1 is 1.11 bits per heavy atom. The summed E-state index contributed by atoms with van der Waals surface area (Å²) in [7, 11) is 0. The highest BCUT2D eigenvalue weighted by Gasteiger charge is 2.22. The number of carbonyl (C=O) groups is 1. The molecule has 2 heterocycles. The summed E-state index contributed by atoms with van der Waals surface area (Å²) in [6.45, 7) is 10.1. The lowest BCUT2D eigenvalue weighted by atomic mass is 9.88. The Morgan fingerprint density at radius 3 is 2.46 bits per heavy atom. The van der Waals surface area contributed by atoms with Gasteiger partial charge in [-0.15, -0.1) is 0 Å². The van der Waals surface area contributed by atoms with Crippen LogP contribution in [0.1, 0.15) is 59.5 Å². The van der Waals surface area contributed by atoms with E-state index in [9.17, 15) is 4.79 Å². The Hall–Kier alpha value is -4.11. The number of rotatable bonds is 6. The van der Waals surface area contributed by atoms with Gasteiger partial charge >= 0.3 is 6.03 Å². The summed E-state index contributed by atoms with van der Waals surface area (Å²) in [5.74, 6) is 0.494. The molecule has 178 valence electrons. The zero-order chi connectivity index (χ0) is 24.8. The number of likely N-dealkylation sites (tertiary alicyclic amines) is 1. The van der Waals surface area contributed by atoms with E-state index in [0.717, 1.165) is 54.0 Å². The number of hydrogen-bond donors (Lipinski definition) is 2. The summed E-state index contributed by atoms with van der Waals surface area (Å²) < 4.78 is 0. The van der Waals surface area contributed by atoms with Gasteiger partial charge in [-0.3, -0.25) is 4.98 Å². The molecule has 0 aliphatic carbocycles. The minimum atomic E-state index is -0.247. The summed E-state index contributed by atoms with van der Waals surface area (Å²) in [5, 5.41) is 15.0. The SMILES string of the molecule is C=C(c1ccc(C)c(NC(=O)NC(C)c2ccncc2)c1)N1CCC(c2ccc(C#N)cc2)CC1. The lowest BCUT2D eigenvalue weighted by molar-refractivity contribution is 0.249. The zero-order valence-electron chi connectivity index (χ0n) is 20.3. The molecule has 0 saturated carbocycles. The van der Waals surface area contributed by atoms with Crippen molar-refractivity contribution in [1.82, 2.24) is 15.2 Å². The van der Waals surface area contributed by atoms with E-state index in [-0.39, 0.29) is 12.1 Å². The maximum absolute atomic E-state index is 12.7. The number of nitrogens with one attached hydrogen (secondary N) is 2. The number of aryl methyl sites for hydroxylation is 1. The maximum atomic E-state index is 12.7. The first-order valence-electron chi connectivity index (χ1n) is 12.0. The Balaban J connectivity index is 1.36. The summed E-state index contributed by atoms with van der Waals surface area (Å²) in [6, 6.07) is 19.6. The number of carbonyl (C=O) groups excluding carboxylic acids is 1. The van der Waals surface area contributed by atoms with Crippen molar-refractivity contribution < 1.29 is 4.79 Å². The average molecular weight is 466 g/mol. The van der Waals surface area contributed by atoms with Crippen molar-refractivity contribution in [2.24, 2.45) is 0 Å². The third kappa shape index (κ3) is 5.88. The number of benzene rings is 2. The number of urea groups is 1. The van der Waals surface area contributed by atoms with Crippen LogP contribution in [0.3, 0.4) is 0 Å². The lowest BCUT2D eigenvalue weighted by Gasteiger charge is -2.35. The highest BCUT2D eigenvalue weighted by molar-refractivity contribution is 5.91. The van der Waals surface area contributed by atoms with Gasteiger partial charge in [0.15, 0.2) is 0 Å². The largest absolute Gasteiger partial charge is 0.371 e. The summed E-state index contributed by atoms with van der Waals surface area (Å²) in [5.41, 5.74) is 6.73. The molecule has 3 aromatic rings. The fourth-order valence-electron chi connectivity index (χ4n) is 4.52. The first kappa shape index (κ1) is 24.0. The van der Waals surface area contributed by atoms with Crippen LogP contribution in [0.15, 0.2) is 73.6 Å². The van der Waals surface area contributed by atoms with E-state index < -0.39 is 0 Å². The van der Waals surface area contributed by atoms with Gasteiger partial charge in [0.2, 0.25) is 0 Å². The second-order valence-electron chi connectivity index (χ2n) is 9.07. The van der Waals surface area contributed by atoms with Crippen LogP contribution in [0.2, 0.25) is 0 Å². The third-order valence-electron chi connectivity index (χ3n) is 6.76. The van der Waals surface area contributed by atoms with Gasteiger partial charge in [-0.25, -0.2) is 4.79 Å². The fraction of sp³-hybridized carbons (Fsp3) is 0.276. The normalized spacial score (nSPS) is 14.6. The molecule has 2 N–H and O–H groups in total. The Bertz CT molecular complexity index is 1220. The van der Waals surface area contributed by atoms with Crippen LogP contribution < -0.4 is 10.6 Å². The van der Waals surface area contributed by atoms with E-state index in [1.165, 1.54) is 5.56 Å². The Kier molecular flexibility index (Phi) is 7.47. The Labute approximate surface area is 207 Å². The fourth-order valence-corrected chi connectivity index (χ4v) is 4.52. The molecule has 0 spiro atoms. The molecular formula is C29H31N5O. The molecular weight excluding hydrogens is 434 g/mol. The third-order valence-corrected chi connectivity index (χ3v) is 6.76. The van der Waals surface area contributed by atoms with Crippen LogP contribution in [-0.4, -0.2) is 29.0 Å². The summed E-state index contributed by atoms with van der Waals surface area (Å²) in [4.78, 5) is 19.0. The number of hydrogen-bond acceptors (Lipinski definition) is 4. The quantitative estimate of drug-likeness (QED) is 0.468. The van der Waals surface area contributed by atoms with Crippen LogP contribution in [0.25, 0.3) is 5.70 Å². The molecule has 4 rings (SSSR count). The Morgan fingerprint density at radius 2 is 1.80 bits per heavy atom. The van der Waals surface area contributed by atoms with Crippen molar-refractivity contribution >= 4 is 17.4 Å². The van der Waals surface area contributed by atoms with E-state index in [1.54, 1.807) is 12.4 Å². The molecule has 2 amide bonds. The summed E-state index contributed by atoms with van der Waals surface area (Å²) >= 11 is 0. The topological polar surface area (TPSA) is 81.1 Å². The minimum Gasteiger partial charge on any atom is -0.371 e. The molecule has 1 aliphatic rings. The first-order chi connectivity index (χ1) is 16.9. The maximum Gasteiger partial charge on any atom is 0.319 e. The highest BCUT2D eigenvalue weighted by Crippen LogP contribution is 2.32. The van der Waals surface area contributed by atoms with Crippen LogP contribution in [-0.2, 0) is 0 Å². The van der Waals surface area contributed by atoms with Crippen molar-refractivity contribution in [3.63, 3.8) is 0 Å². The van der Waals surface area contributed by atoms with Gasteiger partial charge in [0.25, 0.3) is 0 Å². The van der Waals surface area contributed by atoms with Crippen molar-refractivity contribution in [2.45, 2.75) is 38.6 Å². The molecule has 1 unspecified atom stereocenters. The molecule has 1 aromatic heterocycles. The van der Waals surface area contributed by atoms with Gasteiger partial charge in [-0.05, 0) is 85.2 Å². The van der Waals surface area contributed by atoms with Crippen molar-refractivity contribution in [3.05, 3.63) is 101 Å². The predicted octanol–water partition coefficient (Wildman–Crippen LogP) is 5.99. The second-order valence-corrected chi connectivity index (χ2v) is 9.07. The monoisotopic (exact) mass is 465 g/mol. The number of aromatic nitrogens is 1. The highest BCUT2D eigenvalue weighted by atomic mass is 16.2. The summed E-state index contributed by atoms with van der Waals surface area (Å²) in [6.07, 6.45) is 5.52. The molecule has 0 bridgehead atoms. The molecule has 1 saturated heterocycles. The average Bonchev–Trinajstić information content (AvgIpc) is 2.90. The van der Waals surface area contributed by atoms with Gasteiger partial charge in [0, 0.05) is 36.9 Å². The number of nitrogens with zero attached hydrogens (tertiary/aromatic N) is 3. The lowest BCUT2D eigenvalue weighted by Crippen LogP contribution is -2.32. The van der Waals surface area contributed by atoms with Crippen molar-refractivity contribution in [1.29, 1.82) is 5.26 Å². The number of nitriles is 1. The van der Waals surface area contributed by atoms with Gasteiger partial charge in [0.05, 0.1) is 17.7 Å². The van der Waals surface area contributed by atoms with Crippen LogP contribution >= 0.6 is 0 Å². The molecule has 6 heteroatoms. The second kappa shape index (κ2) is 10.9. The van der Waals surface area contributed by atoms with Crippen LogP contribution in [0.4, 0.5) is 10.5 Å². The molecule has 2 aromatic carbocycles. The first-order valence-corrected chi connectivity index (χ1v) is 12.0. The molecule has 1 atom stereocenters. The molecule has 0 radical (unpaired) electrons. The molecule has 6 nitrogen and oxygen atoms in total. The number of pyridine rings is 1. The number of amides is 2. The van der Waals surface area contributed by atoms with Gasteiger partial charge in [0.1, 0.15) is 0 Å². The smallest absolute Gasteiger partial charge is 0.319 e. The van der Waals surface area contributed by atoms with E-state index >= 15 is 0 Å².